The van der Waals surface area contributed by atoms with Gasteiger partial charge in [-0.25, -0.2) is 4.79 Å². The third-order valence-corrected chi connectivity index (χ3v) is 2.54. The van der Waals surface area contributed by atoms with Gasteiger partial charge in [-0.05, 0) is 12.8 Å². The number of nitrogens with zero attached hydrogens (tertiary/aromatic N) is 1. The van der Waals surface area contributed by atoms with Gasteiger partial charge in [-0.1, -0.05) is 0 Å². The highest BCUT2D eigenvalue weighted by Gasteiger charge is 2.36. The molecule has 1 amide bonds. The van der Waals surface area contributed by atoms with Gasteiger partial charge in [0.2, 0.25) is 0 Å². The minimum Gasteiger partial charge on any atom is -0.479 e. The number of hydrogen-bond acceptors (Lipinski definition) is 5. The fourth-order valence-electron chi connectivity index (χ4n) is 1.58. The highest BCUT2D eigenvalue weighted by atomic mass is 16.5. The maximum atomic E-state index is 11.8. The topological polar surface area (TPSA) is 93.1 Å². The molecule has 7 nitrogen and oxygen atoms in total. The second kappa shape index (κ2) is 5.62. The lowest BCUT2D eigenvalue weighted by molar-refractivity contribution is -0.157. The molecule has 1 aliphatic rings. The van der Waals surface area contributed by atoms with Crippen molar-refractivity contribution < 1.29 is 29.0 Å². The summed E-state index contributed by atoms with van der Waals surface area (Å²) in [5.41, 5.74) is 0. The summed E-state index contributed by atoms with van der Waals surface area (Å²) in [6.45, 7) is -0.174. The summed E-state index contributed by atoms with van der Waals surface area (Å²) in [4.78, 5) is 34.5. The highest BCUT2D eigenvalue weighted by Crippen LogP contribution is 2.21. The van der Waals surface area contributed by atoms with Gasteiger partial charge in [0.25, 0.3) is 5.91 Å². The van der Waals surface area contributed by atoms with Crippen LogP contribution in [0.2, 0.25) is 0 Å². The van der Waals surface area contributed by atoms with E-state index in [1.54, 1.807) is 0 Å². The molecular weight excluding hydrogens is 230 g/mol. The monoisotopic (exact) mass is 245 g/mol. The van der Waals surface area contributed by atoms with Crippen LogP contribution in [0.25, 0.3) is 0 Å². The molecule has 1 heterocycles. The molecule has 0 aliphatic carbocycles. The normalized spacial score (nSPS) is 23.2. The van der Waals surface area contributed by atoms with E-state index in [9.17, 15) is 14.4 Å². The van der Waals surface area contributed by atoms with E-state index in [4.69, 9.17) is 9.84 Å². The second-order valence-electron chi connectivity index (χ2n) is 3.80. The predicted molar refractivity (Wildman–Crippen MR) is 55.2 cm³/mol. The van der Waals surface area contributed by atoms with Gasteiger partial charge in [0.15, 0.2) is 6.10 Å². The van der Waals surface area contributed by atoms with E-state index in [0.717, 1.165) is 0 Å². The number of amides is 1. The lowest BCUT2D eigenvalue weighted by Crippen LogP contribution is -2.40. The SMILES string of the molecule is COC(=O)CN(C)C(=O)C1CCC(C(=O)O)O1. The lowest BCUT2D eigenvalue weighted by Gasteiger charge is -2.19. The van der Waals surface area contributed by atoms with Crippen LogP contribution in [0.4, 0.5) is 0 Å². The number of carboxylic acid groups (broad SMARTS) is 1. The number of carboxylic acids is 1. The first kappa shape index (κ1) is 13.4. The molecule has 1 rings (SSSR count). The molecule has 1 fully saturated rings. The summed E-state index contributed by atoms with van der Waals surface area (Å²) < 4.78 is 9.50. The number of carbonyl (C=O) groups is 3. The molecule has 0 aromatic carbocycles. The molecule has 0 radical (unpaired) electrons. The smallest absolute Gasteiger partial charge is 0.332 e. The molecule has 7 heteroatoms. The van der Waals surface area contributed by atoms with E-state index in [-0.39, 0.29) is 6.54 Å². The molecule has 0 bridgehead atoms. The van der Waals surface area contributed by atoms with Crippen molar-refractivity contribution in [1.82, 2.24) is 4.90 Å². The van der Waals surface area contributed by atoms with Gasteiger partial charge in [0.1, 0.15) is 12.6 Å². The van der Waals surface area contributed by atoms with Crippen molar-refractivity contribution in [2.75, 3.05) is 20.7 Å². The van der Waals surface area contributed by atoms with Gasteiger partial charge in [0.05, 0.1) is 7.11 Å². The molecule has 1 N–H and O–H groups in total. The van der Waals surface area contributed by atoms with Gasteiger partial charge < -0.3 is 19.5 Å². The molecule has 0 spiro atoms. The molecule has 0 saturated carbocycles. The van der Waals surface area contributed by atoms with Gasteiger partial charge in [-0.3, -0.25) is 9.59 Å². The zero-order chi connectivity index (χ0) is 13.0. The van der Waals surface area contributed by atoms with Crippen LogP contribution in [0, 0.1) is 0 Å². The summed E-state index contributed by atoms with van der Waals surface area (Å²) in [7, 11) is 2.67. The zero-order valence-corrected chi connectivity index (χ0v) is 9.71. The standard InChI is InChI=1S/C10H15NO6/c1-11(5-8(12)16-2)9(13)6-3-4-7(17-6)10(14)15/h6-7H,3-5H2,1-2H3,(H,14,15). The molecule has 0 aromatic heterocycles. The van der Waals surface area contributed by atoms with Crippen molar-refractivity contribution in [3.63, 3.8) is 0 Å². The second-order valence-corrected chi connectivity index (χ2v) is 3.80. The number of likely N-dealkylation sites (N-methyl/N-ethyl adjacent to an activating group) is 1. The van der Waals surface area contributed by atoms with Crippen LogP contribution < -0.4 is 0 Å². The third-order valence-electron chi connectivity index (χ3n) is 2.54. The number of rotatable bonds is 4. The van der Waals surface area contributed by atoms with Crippen molar-refractivity contribution in [3.05, 3.63) is 0 Å². The predicted octanol–water partition coefficient (Wildman–Crippen LogP) is -0.750. The fourth-order valence-corrected chi connectivity index (χ4v) is 1.58. The molecule has 17 heavy (non-hydrogen) atoms. The number of aliphatic carboxylic acids is 1. The molecule has 1 aliphatic heterocycles. The average molecular weight is 245 g/mol. The molecule has 0 aromatic rings. The lowest BCUT2D eigenvalue weighted by atomic mass is 10.2. The summed E-state index contributed by atoms with van der Waals surface area (Å²) in [5, 5.41) is 8.71. The maximum absolute atomic E-state index is 11.8. The first-order valence-corrected chi connectivity index (χ1v) is 5.15. The van der Waals surface area contributed by atoms with Crippen molar-refractivity contribution in [3.8, 4) is 0 Å². The molecular formula is C10H15NO6. The average Bonchev–Trinajstić information content (AvgIpc) is 2.77. The summed E-state index contributed by atoms with van der Waals surface area (Å²) >= 11 is 0. The Bertz CT molecular complexity index is 329. The van der Waals surface area contributed by atoms with Gasteiger partial charge in [-0.15, -0.1) is 0 Å². The molecule has 1 saturated heterocycles. The zero-order valence-electron chi connectivity index (χ0n) is 9.71. The van der Waals surface area contributed by atoms with E-state index in [1.165, 1.54) is 19.1 Å². The third kappa shape index (κ3) is 3.42. The van der Waals surface area contributed by atoms with Crippen molar-refractivity contribution in [1.29, 1.82) is 0 Å². The Morgan fingerprint density at radius 2 is 1.94 bits per heavy atom. The summed E-state index contributed by atoms with van der Waals surface area (Å²) in [6, 6.07) is 0. The quantitative estimate of drug-likeness (QED) is 0.655. The molecule has 96 valence electrons. The first-order chi connectivity index (χ1) is 7.95. The fraction of sp³-hybridized carbons (Fsp3) is 0.700. The number of methoxy groups -OCH3 is 1. The van der Waals surface area contributed by atoms with Crippen LogP contribution in [0.3, 0.4) is 0 Å². The van der Waals surface area contributed by atoms with E-state index in [1.807, 2.05) is 0 Å². The van der Waals surface area contributed by atoms with E-state index < -0.39 is 30.1 Å². The van der Waals surface area contributed by atoms with Crippen LogP contribution in [0.1, 0.15) is 12.8 Å². The van der Waals surface area contributed by atoms with E-state index >= 15 is 0 Å². The summed E-state index contributed by atoms with van der Waals surface area (Å²) in [6.07, 6.45) is -1.07. The highest BCUT2D eigenvalue weighted by molar-refractivity contribution is 5.85. The van der Waals surface area contributed by atoms with Gasteiger partial charge in [-0.2, -0.15) is 0 Å². The number of esters is 1. The van der Waals surface area contributed by atoms with Crippen LogP contribution >= 0.6 is 0 Å². The Balaban J connectivity index is 2.48. The van der Waals surface area contributed by atoms with Crippen molar-refractivity contribution in [2.45, 2.75) is 25.0 Å². The van der Waals surface area contributed by atoms with Crippen molar-refractivity contribution in [2.24, 2.45) is 0 Å². The first-order valence-electron chi connectivity index (χ1n) is 5.15. The Morgan fingerprint density at radius 1 is 1.35 bits per heavy atom. The van der Waals surface area contributed by atoms with Gasteiger partial charge >= 0.3 is 11.9 Å². The van der Waals surface area contributed by atoms with Crippen LogP contribution in [-0.4, -0.2) is 60.8 Å². The summed E-state index contributed by atoms with van der Waals surface area (Å²) in [5.74, 6) is -2.01. The van der Waals surface area contributed by atoms with Crippen LogP contribution in [0.5, 0.6) is 0 Å². The minimum absolute atomic E-state index is 0.174. The largest absolute Gasteiger partial charge is 0.479 e. The van der Waals surface area contributed by atoms with Crippen LogP contribution in [0.15, 0.2) is 0 Å². The maximum Gasteiger partial charge on any atom is 0.332 e. The molecule has 2 atom stereocenters. The number of ether oxygens (including phenoxy) is 2. The van der Waals surface area contributed by atoms with Gasteiger partial charge in [0, 0.05) is 7.05 Å². The van der Waals surface area contributed by atoms with Crippen molar-refractivity contribution >= 4 is 17.8 Å². The molecule has 2 unspecified atom stereocenters. The number of carbonyl (C=O) groups excluding carboxylic acids is 2. The van der Waals surface area contributed by atoms with Crippen LogP contribution in [-0.2, 0) is 23.9 Å². The Morgan fingerprint density at radius 3 is 2.41 bits per heavy atom. The number of hydrogen-bond donors (Lipinski definition) is 1. The van der Waals surface area contributed by atoms with E-state index in [2.05, 4.69) is 4.74 Å². The van der Waals surface area contributed by atoms with E-state index in [0.29, 0.717) is 12.8 Å². The Hall–Kier alpha value is -1.63. The Kier molecular flexibility index (Phi) is 4.45. The minimum atomic E-state index is -1.07. The Labute approximate surface area is 98.3 Å².